The van der Waals surface area contributed by atoms with E-state index in [4.69, 9.17) is 5.73 Å². The van der Waals surface area contributed by atoms with Crippen molar-refractivity contribution in [2.24, 2.45) is 11.7 Å². The average Bonchev–Trinajstić information content (AvgIpc) is 2.96. The summed E-state index contributed by atoms with van der Waals surface area (Å²) in [5.74, 6) is 0.721. The maximum Gasteiger partial charge on any atom is 0.227 e. The summed E-state index contributed by atoms with van der Waals surface area (Å²) in [4.78, 5) is 19.2. The van der Waals surface area contributed by atoms with Crippen LogP contribution in [-0.2, 0) is 4.79 Å². The molecular formula is C12H18N4O. The summed E-state index contributed by atoms with van der Waals surface area (Å²) >= 11 is 0. The molecule has 0 aliphatic heterocycles. The molecule has 1 heterocycles. The molecule has 0 radical (unpaired) electrons. The van der Waals surface area contributed by atoms with E-state index in [2.05, 4.69) is 15.3 Å². The summed E-state index contributed by atoms with van der Waals surface area (Å²) in [6.07, 6.45) is 8.72. The molecule has 0 spiro atoms. The van der Waals surface area contributed by atoms with Gasteiger partial charge in [-0.25, -0.2) is 4.98 Å². The molecule has 0 aromatic carbocycles. The lowest BCUT2D eigenvalue weighted by Crippen LogP contribution is -2.34. The van der Waals surface area contributed by atoms with Crippen molar-refractivity contribution >= 4 is 5.91 Å². The van der Waals surface area contributed by atoms with Gasteiger partial charge in [0.2, 0.25) is 5.91 Å². The van der Waals surface area contributed by atoms with E-state index in [9.17, 15) is 4.79 Å². The Hall–Kier alpha value is -1.62. The van der Waals surface area contributed by atoms with E-state index in [1.165, 1.54) is 0 Å². The van der Waals surface area contributed by atoms with E-state index in [1.54, 1.807) is 12.4 Å². The Balaban J connectivity index is 1.95. The lowest BCUT2D eigenvalue weighted by atomic mass is 10.1. The van der Waals surface area contributed by atoms with Crippen LogP contribution < -0.4 is 11.1 Å². The van der Waals surface area contributed by atoms with Crippen molar-refractivity contribution in [3.05, 3.63) is 30.4 Å². The maximum atomic E-state index is 12.0. The van der Waals surface area contributed by atoms with Crippen LogP contribution >= 0.6 is 0 Å². The van der Waals surface area contributed by atoms with E-state index in [-0.39, 0.29) is 23.9 Å². The molecule has 4 N–H and O–H groups in total. The third-order valence-electron chi connectivity index (χ3n) is 3.03. The molecule has 0 saturated carbocycles. The summed E-state index contributed by atoms with van der Waals surface area (Å²) in [6, 6.07) is -0.0443. The van der Waals surface area contributed by atoms with Gasteiger partial charge < -0.3 is 16.0 Å². The minimum Gasteiger partial charge on any atom is -0.347 e. The van der Waals surface area contributed by atoms with Gasteiger partial charge in [0.15, 0.2) is 0 Å². The molecule has 5 heteroatoms. The van der Waals surface area contributed by atoms with Crippen molar-refractivity contribution in [3.63, 3.8) is 0 Å². The minimum atomic E-state index is -0.103. The molecule has 5 nitrogen and oxygen atoms in total. The number of carbonyl (C=O) groups is 1. The van der Waals surface area contributed by atoms with Crippen molar-refractivity contribution in [2.45, 2.75) is 31.8 Å². The molecule has 0 bridgehead atoms. The number of hydrogen-bond acceptors (Lipinski definition) is 3. The Labute approximate surface area is 101 Å². The Bertz CT molecular complexity index is 399. The fourth-order valence-electron chi connectivity index (χ4n) is 2.03. The van der Waals surface area contributed by atoms with Crippen LogP contribution in [-0.4, -0.2) is 21.9 Å². The number of hydrogen-bond donors (Lipinski definition) is 3. The lowest BCUT2D eigenvalue weighted by Gasteiger charge is -2.17. The number of rotatable bonds is 4. The van der Waals surface area contributed by atoms with Crippen LogP contribution in [0.5, 0.6) is 0 Å². The number of nitrogens with two attached hydrogens (primary N) is 1. The normalized spacial score (nSPS) is 24.8. The number of aromatic nitrogens is 2. The molecule has 92 valence electrons. The third-order valence-corrected chi connectivity index (χ3v) is 3.03. The second-order valence-electron chi connectivity index (χ2n) is 4.33. The molecule has 1 aliphatic rings. The van der Waals surface area contributed by atoms with Gasteiger partial charge in [-0.1, -0.05) is 19.1 Å². The zero-order valence-corrected chi connectivity index (χ0v) is 9.89. The third kappa shape index (κ3) is 2.74. The van der Waals surface area contributed by atoms with Crippen LogP contribution in [0.25, 0.3) is 0 Å². The molecule has 0 saturated heterocycles. The van der Waals surface area contributed by atoms with Gasteiger partial charge in [-0.3, -0.25) is 4.79 Å². The summed E-state index contributed by atoms with van der Waals surface area (Å²) in [5, 5.41) is 2.99. The highest BCUT2D eigenvalue weighted by atomic mass is 16.1. The van der Waals surface area contributed by atoms with Crippen LogP contribution in [0.3, 0.4) is 0 Å². The lowest BCUT2D eigenvalue weighted by molar-refractivity contribution is -0.124. The minimum absolute atomic E-state index is 0.00874. The fourth-order valence-corrected chi connectivity index (χ4v) is 2.03. The number of aromatic amines is 1. The van der Waals surface area contributed by atoms with E-state index in [0.717, 1.165) is 12.2 Å². The molecule has 3 atom stereocenters. The molecule has 17 heavy (non-hydrogen) atoms. The van der Waals surface area contributed by atoms with Crippen LogP contribution in [0.15, 0.2) is 24.5 Å². The summed E-state index contributed by atoms with van der Waals surface area (Å²) in [5.41, 5.74) is 5.74. The van der Waals surface area contributed by atoms with Gasteiger partial charge >= 0.3 is 0 Å². The van der Waals surface area contributed by atoms with E-state index >= 15 is 0 Å². The van der Waals surface area contributed by atoms with E-state index < -0.39 is 0 Å². The van der Waals surface area contributed by atoms with Gasteiger partial charge in [-0.2, -0.15) is 0 Å². The van der Waals surface area contributed by atoms with Crippen molar-refractivity contribution in [1.29, 1.82) is 0 Å². The fraction of sp³-hybridized carbons (Fsp3) is 0.500. The highest BCUT2D eigenvalue weighted by Gasteiger charge is 2.25. The van der Waals surface area contributed by atoms with Gasteiger partial charge in [-0.15, -0.1) is 0 Å². The molecule has 1 aromatic heterocycles. The average molecular weight is 234 g/mol. The Morgan fingerprint density at radius 2 is 2.53 bits per heavy atom. The first-order valence-corrected chi connectivity index (χ1v) is 5.94. The number of nitrogens with one attached hydrogen (secondary N) is 2. The molecule has 1 aliphatic carbocycles. The zero-order chi connectivity index (χ0) is 12.3. The first kappa shape index (κ1) is 11.9. The van der Waals surface area contributed by atoms with Gasteiger partial charge in [-0.05, 0) is 12.8 Å². The Morgan fingerprint density at radius 3 is 3.06 bits per heavy atom. The molecule has 1 aromatic rings. The van der Waals surface area contributed by atoms with Crippen LogP contribution in [0, 0.1) is 5.92 Å². The summed E-state index contributed by atoms with van der Waals surface area (Å²) in [6.45, 7) is 2.02. The smallest absolute Gasteiger partial charge is 0.227 e. The van der Waals surface area contributed by atoms with E-state index in [0.29, 0.717) is 6.42 Å². The highest BCUT2D eigenvalue weighted by Crippen LogP contribution is 2.19. The molecule has 1 amide bonds. The number of nitrogens with zero attached hydrogens (tertiary/aromatic N) is 1. The Morgan fingerprint density at radius 1 is 1.71 bits per heavy atom. The predicted molar refractivity (Wildman–Crippen MR) is 65.0 cm³/mol. The largest absolute Gasteiger partial charge is 0.347 e. The second-order valence-corrected chi connectivity index (χ2v) is 4.33. The van der Waals surface area contributed by atoms with Crippen LogP contribution in [0.4, 0.5) is 0 Å². The van der Waals surface area contributed by atoms with Crippen molar-refractivity contribution in [3.8, 4) is 0 Å². The van der Waals surface area contributed by atoms with Crippen molar-refractivity contribution in [1.82, 2.24) is 15.3 Å². The first-order chi connectivity index (χ1) is 8.20. The molecule has 2 rings (SSSR count). The SMILES string of the molecule is CCC(NC(=O)C1C=CC(N)C1)c1ncc[nH]1. The predicted octanol–water partition coefficient (Wildman–Crippen LogP) is 0.880. The van der Waals surface area contributed by atoms with Crippen molar-refractivity contribution < 1.29 is 4.79 Å². The maximum absolute atomic E-state index is 12.0. The van der Waals surface area contributed by atoms with Crippen molar-refractivity contribution in [2.75, 3.05) is 0 Å². The summed E-state index contributed by atoms with van der Waals surface area (Å²) in [7, 11) is 0. The summed E-state index contributed by atoms with van der Waals surface area (Å²) < 4.78 is 0. The van der Waals surface area contributed by atoms with Crippen LogP contribution in [0.2, 0.25) is 0 Å². The number of H-pyrrole nitrogens is 1. The molecule has 0 fully saturated rings. The topological polar surface area (TPSA) is 83.8 Å². The zero-order valence-electron chi connectivity index (χ0n) is 9.89. The number of imidazole rings is 1. The standard InChI is InChI=1S/C12H18N4O/c1-2-10(11-14-5-6-15-11)16-12(17)8-3-4-9(13)7-8/h3-6,8-10H,2,7,13H2,1H3,(H,14,15)(H,16,17). The molecule has 3 unspecified atom stereocenters. The first-order valence-electron chi connectivity index (χ1n) is 5.94. The quantitative estimate of drug-likeness (QED) is 0.676. The van der Waals surface area contributed by atoms with Gasteiger partial charge in [0, 0.05) is 18.4 Å². The van der Waals surface area contributed by atoms with Gasteiger partial charge in [0.05, 0.1) is 12.0 Å². The van der Waals surface area contributed by atoms with Crippen LogP contribution in [0.1, 0.15) is 31.6 Å². The van der Waals surface area contributed by atoms with Gasteiger partial charge in [0.1, 0.15) is 5.82 Å². The number of amides is 1. The molecular weight excluding hydrogens is 216 g/mol. The Kier molecular flexibility index (Phi) is 3.58. The number of carbonyl (C=O) groups excluding carboxylic acids is 1. The van der Waals surface area contributed by atoms with Gasteiger partial charge in [0.25, 0.3) is 0 Å². The second kappa shape index (κ2) is 5.14. The van der Waals surface area contributed by atoms with E-state index in [1.807, 2.05) is 19.1 Å². The monoisotopic (exact) mass is 234 g/mol. The highest BCUT2D eigenvalue weighted by molar-refractivity contribution is 5.81.